The first-order valence-electron chi connectivity index (χ1n) is 5.35. The van der Waals surface area contributed by atoms with Crippen molar-refractivity contribution in [2.45, 2.75) is 0 Å². The van der Waals surface area contributed by atoms with Crippen LogP contribution < -0.4 is 5.73 Å². The molecule has 0 spiro atoms. The molecular formula is C13H9BrIN3. The molecular weight excluding hydrogens is 405 g/mol. The number of nitrogen functional groups attached to an aromatic ring is 1. The van der Waals surface area contributed by atoms with Crippen LogP contribution in [0.15, 0.2) is 46.9 Å². The van der Waals surface area contributed by atoms with Gasteiger partial charge in [0.1, 0.15) is 0 Å². The molecule has 2 N–H and O–H groups in total. The zero-order valence-electron chi connectivity index (χ0n) is 9.27. The molecule has 3 aromatic rings. The zero-order valence-corrected chi connectivity index (χ0v) is 13.0. The van der Waals surface area contributed by atoms with Gasteiger partial charge in [-0.15, -0.1) is 0 Å². The molecule has 0 radical (unpaired) electrons. The summed E-state index contributed by atoms with van der Waals surface area (Å²) in [6.45, 7) is 0. The van der Waals surface area contributed by atoms with Gasteiger partial charge in [0.2, 0.25) is 5.95 Å². The Labute approximate surface area is 126 Å². The molecule has 0 aliphatic heterocycles. The van der Waals surface area contributed by atoms with E-state index in [4.69, 9.17) is 5.73 Å². The molecule has 1 aromatic heterocycles. The second kappa shape index (κ2) is 4.55. The van der Waals surface area contributed by atoms with Crippen LogP contribution in [0.1, 0.15) is 0 Å². The number of hydrogen-bond acceptors (Lipinski definition) is 2. The van der Waals surface area contributed by atoms with Crippen molar-refractivity contribution in [3.63, 3.8) is 0 Å². The summed E-state index contributed by atoms with van der Waals surface area (Å²) in [6.07, 6.45) is 0. The van der Waals surface area contributed by atoms with E-state index < -0.39 is 0 Å². The summed E-state index contributed by atoms with van der Waals surface area (Å²) >= 11 is 5.79. The van der Waals surface area contributed by atoms with Gasteiger partial charge in [-0.3, -0.25) is 4.57 Å². The maximum absolute atomic E-state index is 6.04. The van der Waals surface area contributed by atoms with Gasteiger partial charge in [0.25, 0.3) is 0 Å². The molecule has 0 amide bonds. The van der Waals surface area contributed by atoms with Gasteiger partial charge in [-0.05, 0) is 52.9 Å². The lowest BCUT2D eigenvalue weighted by atomic mass is 10.3. The maximum atomic E-state index is 6.04. The Morgan fingerprint density at radius 2 is 1.94 bits per heavy atom. The molecule has 18 heavy (non-hydrogen) atoms. The van der Waals surface area contributed by atoms with Crippen molar-refractivity contribution in [1.29, 1.82) is 0 Å². The number of rotatable bonds is 1. The summed E-state index contributed by atoms with van der Waals surface area (Å²) in [5, 5.41) is 0. The first-order chi connectivity index (χ1) is 8.66. The third-order valence-electron chi connectivity index (χ3n) is 2.74. The third kappa shape index (κ3) is 1.91. The van der Waals surface area contributed by atoms with Crippen molar-refractivity contribution in [3.8, 4) is 5.69 Å². The fourth-order valence-electron chi connectivity index (χ4n) is 1.95. The van der Waals surface area contributed by atoms with E-state index in [9.17, 15) is 0 Å². The number of imidazole rings is 1. The monoisotopic (exact) mass is 413 g/mol. The van der Waals surface area contributed by atoms with Crippen LogP contribution in [-0.2, 0) is 0 Å². The van der Waals surface area contributed by atoms with E-state index in [1.54, 1.807) is 0 Å². The van der Waals surface area contributed by atoms with Crippen molar-refractivity contribution in [3.05, 3.63) is 50.5 Å². The molecule has 1 heterocycles. The van der Waals surface area contributed by atoms with Gasteiger partial charge in [0.15, 0.2) is 0 Å². The van der Waals surface area contributed by atoms with E-state index in [1.807, 2.05) is 41.0 Å². The number of fused-ring (bicyclic) bond motifs is 1. The van der Waals surface area contributed by atoms with Gasteiger partial charge in [-0.2, -0.15) is 0 Å². The van der Waals surface area contributed by atoms with Crippen LogP contribution in [0.3, 0.4) is 0 Å². The lowest BCUT2D eigenvalue weighted by Crippen LogP contribution is -2.02. The van der Waals surface area contributed by atoms with E-state index in [0.717, 1.165) is 24.8 Å². The molecule has 3 nitrogen and oxygen atoms in total. The smallest absolute Gasteiger partial charge is 0.205 e. The number of anilines is 1. The van der Waals surface area contributed by atoms with Crippen LogP contribution in [0.2, 0.25) is 0 Å². The van der Waals surface area contributed by atoms with Gasteiger partial charge in [0.05, 0.1) is 16.7 Å². The minimum absolute atomic E-state index is 0.507. The first kappa shape index (κ1) is 12.0. The molecule has 0 atom stereocenters. The molecule has 0 saturated carbocycles. The molecule has 2 aromatic carbocycles. The molecule has 5 heteroatoms. The molecule has 0 aliphatic rings. The molecule has 90 valence electrons. The normalized spacial score (nSPS) is 11.0. The van der Waals surface area contributed by atoms with Crippen LogP contribution in [-0.4, -0.2) is 9.55 Å². The van der Waals surface area contributed by atoms with Crippen LogP contribution in [0.5, 0.6) is 0 Å². The number of halogens is 2. The minimum Gasteiger partial charge on any atom is -0.369 e. The van der Waals surface area contributed by atoms with E-state index in [1.165, 1.54) is 0 Å². The average Bonchev–Trinajstić information content (AvgIpc) is 2.66. The van der Waals surface area contributed by atoms with Crippen molar-refractivity contribution >= 4 is 55.5 Å². The van der Waals surface area contributed by atoms with Crippen molar-refractivity contribution in [1.82, 2.24) is 9.55 Å². The van der Waals surface area contributed by atoms with Crippen LogP contribution in [0, 0.1) is 3.57 Å². The highest BCUT2D eigenvalue weighted by molar-refractivity contribution is 14.1. The highest BCUT2D eigenvalue weighted by atomic mass is 127. The Morgan fingerprint density at radius 3 is 2.72 bits per heavy atom. The molecule has 3 rings (SSSR count). The number of para-hydroxylation sites is 1. The average molecular weight is 414 g/mol. The Bertz CT molecular complexity index is 736. The van der Waals surface area contributed by atoms with Crippen LogP contribution in [0.4, 0.5) is 5.95 Å². The predicted molar refractivity (Wildman–Crippen MR) is 85.9 cm³/mol. The van der Waals surface area contributed by atoms with E-state index in [-0.39, 0.29) is 0 Å². The van der Waals surface area contributed by atoms with E-state index in [0.29, 0.717) is 5.95 Å². The SMILES string of the molecule is Nc1nc2ccc(Br)cc2n1-c1ccccc1I. The van der Waals surface area contributed by atoms with Gasteiger partial charge in [-0.1, -0.05) is 28.1 Å². The van der Waals surface area contributed by atoms with Gasteiger partial charge in [0, 0.05) is 8.04 Å². The predicted octanol–water partition coefficient (Wildman–Crippen LogP) is 3.97. The quantitative estimate of drug-likeness (QED) is 0.613. The number of aromatic nitrogens is 2. The Morgan fingerprint density at radius 1 is 1.17 bits per heavy atom. The van der Waals surface area contributed by atoms with Gasteiger partial charge >= 0.3 is 0 Å². The third-order valence-corrected chi connectivity index (χ3v) is 4.14. The Kier molecular flexibility index (Phi) is 3.03. The zero-order chi connectivity index (χ0) is 12.7. The summed E-state index contributed by atoms with van der Waals surface area (Å²) in [4.78, 5) is 4.39. The summed E-state index contributed by atoms with van der Waals surface area (Å²) in [5.74, 6) is 0.507. The van der Waals surface area contributed by atoms with Crippen LogP contribution in [0.25, 0.3) is 16.7 Å². The Hall–Kier alpha value is -1.08. The van der Waals surface area contributed by atoms with Gasteiger partial charge in [-0.25, -0.2) is 4.98 Å². The molecule has 0 unspecified atom stereocenters. The summed E-state index contributed by atoms with van der Waals surface area (Å²) < 4.78 is 4.13. The molecule has 0 bridgehead atoms. The largest absolute Gasteiger partial charge is 0.369 e. The molecule has 0 aliphatic carbocycles. The fraction of sp³-hybridized carbons (Fsp3) is 0. The van der Waals surface area contributed by atoms with Crippen molar-refractivity contribution in [2.75, 3.05) is 5.73 Å². The van der Waals surface area contributed by atoms with E-state index >= 15 is 0 Å². The first-order valence-corrected chi connectivity index (χ1v) is 7.22. The second-order valence-corrected chi connectivity index (χ2v) is 5.97. The molecule has 0 fully saturated rings. The topological polar surface area (TPSA) is 43.8 Å². The maximum Gasteiger partial charge on any atom is 0.205 e. The second-order valence-electron chi connectivity index (χ2n) is 3.89. The summed E-state index contributed by atoms with van der Waals surface area (Å²) in [6, 6.07) is 14.1. The standard InChI is InChI=1S/C13H9BrIN3/c14-8-5-6-10-12(7-8)18(13(16)17-10)11-4-2-1-3-9(11)15/h1-7H,(H2,16,17). The summed E-state index contributed by atoms with van der Waals surface area (Å²) in [5.41, 5.74) is 8.99. The lowest BCUT2D eigenvalue weighted by Gasteiger charge is -2.08. The van der Waals surface area contributed by atoms with Gasteiger partial charge < -0.3 is 5.73 Å². The Balaban J connectivity index is 2.38. The number of nitrogens with zero attached hydrogens (tertiary/aromatic N) is 2. The fourth-order valence-corrected chi connectivity index (χ4v) is 2.93. The number of benzene rings is 2. The lowest BCUT2D eigenvalue weighted by molar-refractivity contribution is 1.10. The number of nitrogens with two attached hydrogens (primary N) is 1. The molecule has 0 saturated heterocycles. The van der Waals surface area contributed by atoms with Crippen molar-refractivity contribution in [2.24, 2.45) is 0 Å². The highest BCUT2D eigenvalue weighted by Crippen LogP contribution is 2.27. The number of hydrogen-bond donors (Lipinski definition) is 1. The summed E-state index contributed by atoms with van der Waals surface area (Å²) in [7, 11) is 0. The highest BCUT2D eigenvalue weighted by Gasteiger charge is 2.12. The van der Waals surface area contributed by atoms with Crippen LogP contribution >= 0.6 is 38.5 Å². The van der Waals surface area contributed by atoms with E-state index in [2.05, 4.69) is 49.6 Å². The minimum atomic E-state index is 0.507. The van der Waals surface area contributed by atoms with Crippen molar-refractivity contribution < 1.29 is 0 Å².